The van der Waals surface area contributed by atoms with Crippen LogP contribution in [0.4, 0.5) is 5.69 Å². The Morgan fingerprint density at radius 2 is 1.33 bits per heavy atom. The molecule has 5 aromatic rings. The van der Waals surface area contributed by atoms with Gasteiger partial charge in [0.25, 0.3) is 0 Å². The fraction of sp³-hybridized carbons (Fsp3) is 0.366. The molecule has 4 atom stereocenters. The Bertz CT molecular complexity index is 2040. The van der Waals surface area contributed by atoms with Gasteiger partial charge in [0, 0.05) is 25.5 Å². The quantitative estimate of drug-likeness (QED) is 0.0508. The van der Waals surface area contributed by atoms with Gasteiger partial charge in [-0.15, -0.1) is 0 Å². The van der Waals surface area contributed by atoms with Crippen LogP contribution in [0.3, 0.4) is 0 Å². The molecule has 3 N–H and O–H groups in total. The summed E-state index contributed by atoms with van der Waals surface area (Å²) in [6.07, 6.45) is 11.8. The monoisotopic (exact) mass is 729 g/mol. The number of H-pyrrole nitrogens is 2. The van der Waals surface area contributed by atoms with Gasteiger partial charge in [-0.3, -0.25) is 14.6 Å². The maximum Gasteiger partial charge on any atom is 0.247 e. The van der Waals surface area contributed by atoms with Crippen LogP contribution in [-0.2, 0) is 19.4 Å². The van der Waals surface area contributed by atoms with Crippen LogP contribution in [0.15, 0.2) is 90.4 Å². The van der Waals surface area contributed by atoms with Gasteiger partial charge >= 0.3 is 0 Å². The second-order valence-electron chi connectivity index (χ2n) is 14.2. The van der Waals surface area contributed by atoms with Crippen LogP contribution in [0.2, 0.25) is 0 Å². The molecule has 13 nitrogen and oxygen atoms in total. The van der Waals surface area contributed by atoms with Crippen molar-refractivity contribution in [2.24, 2.45) is 10.9 Å². The maximum absolute atomic E-state index is 13.8. The third-order valence-electron chi connectivity index (χ3n) is 10.3. The number of aromatic nitrogens is 5. The second kappa shape index (κ2) is 16.5. The average Bonchev–Trinajstić information content (AvgIpc) is 4.04. The lowest BCUT2D eigenvalue weighted by Crippen LogP contribution is -2.45. The topological polar surface area (TPSA) is 154 Å². The largest absolute Gasteiger partial charge is 0.372 e. The summed E-state index contributed by atoms with van der Waals surface area (Å²) in [5, 5.41) is 3.40. The van der Waals surface area contributed by atoms with Crippen molar-refractivity contribution in [3.63, 3.8) is 0 Å². The van der Waals surface area contributed by atoms with Gasteiger partial charge in [0.15, 0.2) is 0 Å². The number of aromatic amines is 2. The van der Waals surface area contributed by atoms with E-state index >= 15 is 0 Å². The lowest BCUT2D eigenvalue weighted by atomic mass is 10.0. The number of carbonyl (C=O) groups excluding carboxylic acids is 2. The first-order valence-electron chi connectivity index (χ1n) is 18.6. The number of likely N-dealkylation sites (tertiary alicyclic amines) is 2. The molecule has 2 aromatic carbocycles. The Morgan fingerprint density at radius 1 is 0.796 bits per heavy atom. The number of benzene rings is 2. The van der Waals surface area contributed by atoms with E-state index in [-0.39, 0.29) is 35.9 Å². The first kappa shape index (κ1) is 36.5. The summed E-state index contributed by atoms with van der Waals surface area (Å²) in [6, 6.07) is 19.4. The zero-order valence-corrected chi connectivity index (χ0v) is 31.1. The Morgan fingerprint density at radius 3 is 1.83 bits per heavy atom. The molecule has 3 aromatic heterocycles. The minimum Gasteiger partial charge on any atom is -0.372 e. The van der Waals surface area contributed by atoms with E-state index in [4.69, 9.17) is 9.87 Å². The van der Waals surface area contributed by atoms with E-state index in [1.165, 1.54) is 7.11 Å². The van der Waals surface area contributed by atoms with Gasteiger partial charge in [-0.25, -0.2) is 15.0 Å². The van der Waals surface area contributed by atoms with E-state index < -0.39 is 6.04 Å². The highest BCUT2D eigenvalue weighted by Crippen LogP contribution is 2.35. The molecule has 5 heterocycles. The highest BCUT2D eigenvalue weighted by Gasteiger charge is 2.37. The van der Waals surface area contributed by atoms with Crippen LogP contribution in [0.1, 0.15) is 70.2 Å². The van der Waals surface area contributed by atoms with Crippen molar-refractivity contribution in [1.29, 1.82) is 0 Å². The molecule has 0 saturated carbocycles. The SMILES string of the molecule is COO/C=N/[C@@H](C)C(=O)N1CCC[C@H]1c1ncc(-c2ccc(-c3ccc(-c4cnc([C@@H]5CCCN5C(=O)[C@@H](Nc5cccnc5)C(C)C)[nH]4)cc3)cc2)[nH]1. The zero-order chi connectivity index (χ0) is 37.6. The fourth-order valence-corrected chi connectivity index (χ4v) is 7.40. The molecule has 2 amide bonds. The molecule has 0 unspecified atom stereocenters. The van der Waals surface area contributed by atoms with E-state index in [1.54, 1.807) is 19.3 Å². The van der Waals surface area contributed by atoms with Gasteiger partial charge < -0.3 is 30.0 Å². The number of carbonyl (C=O) groups is 2. The molecule has 0 radical (unpaired) electrons. The number of nitrogens with zero attached hydrogens (tertiary/aromatic N) is 6. The van der Waals surface area contributed by atoms with Crippen LogP contribution < -0.4 is 5.32 Å². The van der Waals surface area contributed by atoms with Crippen molar-refractivity contribution in [1.82, 2.24) is 34.7 Å². The van der Waals surface area contributed by atoms with E-state index in [0.717, 1.165) is 83.1 Å². The Kier molecular flexibility index (Phi) is 11.1. The highest BCUT2D eigenvalue weighted by atomic mass is 17.2. The zero-order valence-electron chi connectivity index (χ0n) is 31.1. The van der Waals surface area contributed by atoms with Crippen LogP contribution in [0.5, 0.6) is 0 Å². The number of rotatable bonds is 13. The standard InChI is InChI=1S/C41H47N9O4/c1-26(2)37(46-32-8-5-19-42-22-32)41(52)50-21-7-10-36(50)39-44-24-34(48-39)31-17-13-29(14-18-31)28-11-15-30(16-12-28)33-23-43-38(47-33)35-9-6-20-49(35)40(51)27(3)45-25-54-53-4/h5,8,11-19,22-27,35-37,46H,6-7,9-10,20-21H2,1-4H3,(H,43,47)(H,44,48)/b45-25+/t27-,35-,36-,37-/m0/s1. The van der Waals surface area contributed by atoms with E-state index in [0.29, 0.717) is 13.1 Å². The molecule has 2 fully saturated rings. The number of anilines is 1. The molecular weight excluding hydrogens is 683 g/mol. The van der Waals surface area contributed by atoms with Crippen LogP contribution >= 0.6 is 0 Å². The number of hydrogen-bond donors (Lipinski definition) is 3. The van der Waals surface area contributed by atoms with E-state index in [1.807, 2.05) is 34.3 Å². The molecule has 0 aliphatic carbocycles. The van der Waals surface area contributed by atoms with Gasteiger partial charge in [0.05, 0.1) is 48.7 Å². The summed E-state index contributed by atoms with van der Waals surface area (Å²) in [5.41, 5.74) is 6.87. The third kappa shape index (κ3) is 7.91. The number of amides is 2. The molecule has 280 valence electrons. The normalized spacial score (nSPS) is 18.4. The second-order valence-corrected chi connectivity index (χ2v) is 14.2. The first-order chi connectivity index (χ1) is 26.3. The summed E-state index contributed by atoms with van der Waals surface area (Å²) in [6.45, 7) is 7.22. The molecule has 2 saturated heterocycles. The Balaban J connectivity index is 0.991. The number of imidazole rings is 2. The van der Waals surface area contributed by atoms with Gasteiger partial charge in [0.1, 0.15) is 23.7 Å². The summed E-state index contributed by atoms with van der Waals surface area (Å²) in [5.74, 6) is 1.69. The van der Waals surface area contributed by atoms with Gasteiger partial charge in [-0.05, 0) is 72.9 Å². The molecule has 13 heteroatoms. The minimum absolute atomic E-state index is 0.0762. The van der Waals surface area contributed by atoms with E-state index in [9.17, 15) is 9.59 Å². The Labute approximate surface area is 315 Å². The number of aliphatic imine (C=N–C) groups is 1. The lowest BCUT2D eigenvalue weighted by Gasteiger charge is -2.30. The fourth-order valence-electron chi connectivity index (χ4n) is 7.40. The average molecular weight is 730 g/mol. The van der Waals surface area contributed by atoms with Crippen LogP contribution in [-0.4, -0.2) is 85.2 Å². The molecule has 2 aliphatic heterocycles. The van der Waals surface area contributed by atoms with Crippen LogP contribution in [0, 0.1) is 5.92 Å². The first-order valence-corrected chi connectivity index (χ1v) is 18.6. The maximum atomic E-state index is 13.8. The summed E-state index contributed by atoms with van der Waals surface area (Å²) < 4.78 is 0. The molecule has 0 bridgehead atoms. The molecule has 7 rings (SSSR count). The molecule has 0 spiro atoms. The van der Waals surface area contributed by atoms with Gasteiger partial charge in [-0.1, -0.05) is 62.4 Å². The predicted octanol–water partition coefficient (Wildman–Crippen LogP) is 6.99. The van der Waals surface area contributed by atoms with Crippen molar-refractivity contribution in [2.45, 2.75) is 70.6 Å². The lowest BCUT2D eigenvalue weighted by molar-refractivity contribution is -0.188. The summed E-state index contributed by atoms with van der Waals surface area (Å²) >= 11 is 0. The molecule has 54 heavy (non-hydrogen) atoms. The number of hydrogen-bond acceptors (Lipinski definition) is 9. The van der Waals surface area contributed by atoms with E-state index in [2.05, 4.69) is 97.5 Å². The smallest absolute Gasteiger partial charge is 0.247 e. The van der Waals surface area contributed by atoms with Crippen molar-refractivity contribution in [3.8, 4) is 33.6 Å². The third-order valence-corrected chi connectivity index (χ3v) is 10.3. The van der Waals surface area contributed by atoms with Gasteiger partial charge in [0.2, 0.25) is 18.2 Å². The van der Waals surface area contributed by atoms with Crippen molar-refractivity contribution >= 4 is 23.9 Å². The van der Waals surface area contributed by atoms with Crippen molar-refractivity contribution in [2.75, 3.05) is 25.5 Å². The summed E-state index contributed by atoms with van der Waals surface area (Å²) in [4.78, 5) is 64.7. The highest BCUT2D eigenvalue weighted by molar-refractivity contribution is 5.86. The molecule has 2 aliphatic rings. The molecular formula is C41H47N9O4. The number of nitrogens with one attached hydrogen (secondary N) is 3. The van der Waals surface area contributed by atoms with Crippen molar-refractivity contribution in [3.05, 3.63) is 97.1 Å². The van der Waals surface area contributed by atoms with Crippen molar-refractivity contribution < 1.29 is 19.4 Å². The van der Waals surface area contributed by atoms with Crippen LogP contribution in [0.25, 0.3) is 33.6 Å². The summed E-state index contributed by atoms with van der Waals surface area (Å²) in [7, 11) is 1.38. The Hall–Kier alpha value is -5.82. The van der Waals surface area contributed by atoms with Gasteiger partial charge in [-0.2, -0.15) is 4.89 Å². The minimum atomic E-state index is -0.585. The predicted molar refractivity (Wildman–Crippen MR) is 207 cm³/mol. The number of pyridine rings is 1.